The van der Waals surface area contributed by atoms with Gasteiger partial charge in [-0.15, -0.1) is 23.5 Å². The number of hydrogen-bond donors (Lipinski definition) is 1. The molecule has 0 saturated heterocycles. The molecule has 0 radical (unpaired) electrons. The van der Waals surface area contributed by atoms with Gasteiger partial charge in [0.2, 0.25) is 0 Å². The summed E-state index contributed by atoms with van der Waals surface area (Å²) in [4.78, 5) is 9.70. The van der Waals surface area contributed by atoms with E-state index in [1.807, 2.05) is 0 Å². The summed E-state index contributed by atoms with van der Waals surface area (Å²) < 4.78 is 4.85. The largest absolute Gasteiger partial charge is 0.374 e. The van der Waals surface area contributed by atoms with Crippen LogP contribution in [0.2, 0.25) is 0 Å². The first-order chi connectivity index (χ1) is 6.70. The minimum absolute atomic E-state index is 0.457. The summed E-state index contributed by atoms with van der Waals surface area (Å²) in [5, 5.41) is 13.7. The SMILES string of the molecule is COCSCCN/C(=C/[N+](=O)[O-])SC. The summed E-state index contributed by atoms with van der Waals surface area (Å²) in [6.45, 7) is 0.703. The highest BCUT2D eigenvalue weighted by atomic mass is 32.2. The molecule has 0 aliphatic heterocycles. The van der Waals surface area contributed by atoms with Gasteiger partial charge in [-0.25, -0.2) is 0 Å². The molecular formula is C7H14N2O3S2. The van der Waals surface area contributed by atoms with E-state index in [4.69, 9.17) is 4.74 Å². The third kappa shape index (κ3) is 8.21. The van der Waals surface area contributed by atoms with E-state index in [1.165, 1.54) is 11.8 Å². The zero-order valence-corrected chi connectivity index (χ0v) is 9.82. The highest BCUT2D eigenvalue weighted by molar-refractivity contribution is 8.02. The molecule has 0 heterocycles. The fourth-order valence-electron chi connectivity index (χ4n) is 0.655. The summed E-state index contributed by atoms with van der Waals surface area (Å²) in [5.41, 5.74) is 0. The number of nitrogens with one attached hydrogen (secondary N) is 1. The Morgan fingerprint density at radius 1 is 1.71 bits per heavy atom. The van der Waals surface area contributed by atoms with Crippen LogP contribution in [0.5, 0.6) is 0 Å². The average Bonchev–Trinajstić information content (AvgIpc) is 2.15. The maximum Gasteiger partial charge on any atom is 0.263 e. The molecule has 14 heavy (non-hydrogen) atoms. The molecule has 0 rings (SSSR count). The van der Waals surface area contributed by atoms with Gasteiger partial charge in [0.1, 0.15) is 5.03 Å². The molecule has 0 unspecified atom stereocenters. The molecule has 7 heteroatoms. The molecule has 0 aliphatic carbocycles. The zero-order chi connectivity index (χ0) is 10.8. The molecule has 0 aliphatic rings. The fourth-order valence-corrected chi connectivity index (χ4v) is 1.62. The summed E-state index contributed by atoms with van der Waals surface area (Å²) in [5.74, 6) is 1.51. The van der Waals surface area contributed by atoms with Crippen LogP contribution in [-0.2, 0) is 4.74 Å². The molecule has 82 valence electrons. The van der Waals surface area contributed by atoms with E-state index in [-0.39, 0.29) is 0 Å². The van der Waals surface area contributed by atoms with Gasteiger partial charge in [-0.3, -0.25) is 10.1 Å². The van der Waals surface area contributed by atoms with E-state index in [0.717, 1.165) is 12.0 Å². The summed E-state index contributed by atoms with van der Waals surface area (Å²) in [7, 11) is 1.64. The second kappa shape index (κ2) is 9.17. The maximum absolute atomic E-state index is 10.2. The molecule has 5 nitrogen and oxygen atoms in total. The Bertz CT molecular complexity index is 199. The van der Waals surface area contributed by atoms with E-state index in [0.29, 0.717) is 17.5 Å². The highest BCUT2D eigenvalue weighted by Gasteiger charge is 1.99. The monoisotopic (exact) mass is 238 g/mol. The predicted molar refractivity (Wildman–Crippen MR) is 60.9 cm³/mol. The lowest BCUT2D eigenvalue weighted by Gasteiger charge is -2.05. The summed E-state index contributed by atoms with van der Waals surface area (Å²) in [6.07, 6.45) is 2.77. The third-order valence-electron chi connectivity index (χ3n) is 1.19. The van der Waals surface area contributed by atoms with Crippen LogP contribution >= 0.6 is 23.5 Å². The maximum atomic E-state index is 10.2. The average molecular weight is 238 g/mol. The zero-order valence-electron chi connectivity index (χ0n) is 8.19. The molecule has 0 aromatic heterocycles. The van der Waals surface area contributed by atoms with Crippen molar-refractivity contribution in [2.24, 2.45) is 0 Å². The summed E-state index contributed by atoms with van der Waals surface area (Å²) in [6, 6.07) is 0. The van der Waals surface area contributed by atoms with Crippen molar-refractivity contribution in [2.75, 3.05) is 31.6 Å². The van der Waals surface area contributed by atoms with Crippen LogP contribution in [0.4, 0.5) is 0 Å². The van der Waals surface area contributed by atoms with Crippen molar-refractivity contribution in [1.29, 1.82) is 0 Å². The number of thioether (sulfide) groups is 2. The van der Waals surface area contributed by atoms with Crippen LogP contribution < -0.4 is 5.32 Å². The van der Waals surface area contributed by atoms with Gasteiger partial charge in [0.05, 0.1) is 10.9 Å². The molecular weight excluding hydrogens is 224 g/mol. The van der Waals surface area contributed by atoms with Crippen molar-refractivity contribution in [2.45, 2.75) is 0 Å². The van der Waals surface area contributed by atoms with Crippen molar-refractivity contribution in [1.82, 2.24) is 5.32 Å². The number of ether oxygens (including phenoxy) is 1. The van der Waals surface area contributed by atoms with Gasteiger partial charge < -0.3 is 10.1 Å². The molecule has 0 amide bonds. The van der Waals surface area contributed by atoms with Crippen LogP contribution in [-0.4, -0.2) is 36.5 Å². The smallest absolute Gasteiger partial charge is 0.263 e. The van der Waals surface area contributed by atoms with Gasteiger partial charge in [-0.1, -0.05) is 0 Å². The molecule has 0 atom stereocenters. The second-order valence-electron chi connectivity index (χ2n) is 2.22. The lowest BCUT2D eigenvalue weighted by Crippen LogP contribution is -2.15. The summed E-state index contributed by atoms with van der Waals surface area (Å²) >= 11 is 2.96. The Kier molecular flexibility index (Phi) is 8.90. The number of nitrogens with zero attached hydrogens (tertiary/aromatic N) is 1. The van der Waals surface area contributed by atoms with Gasteiger partial charge >= 0.3 is 0 Å². The lowest BCUT2D eigenvalue weighted by molar-refractivity contribution is -0.403. The normalized spacial score (nSPS) is 11.4. The second-order valence-corrected chi connectivity index (χ2v) is 4.12. The van der Waals surface area contributed by atoms with Gasteiger partial charge in [-0.2, -0.15) is 0 Å². The molecule has 1 N–H and O–H groups in total. The van der Waals surface area contributed by atoms with Crippen LogP contribution in [0.1, 0.15) is 0 Å². The third-order valence-corrected chi connectivity index (χ3v) is 2.77. The van der Waals surface area contributed by atoms with Crippen LogP contribution in [0, 0.1) is 10.1 Å². The van der Waals surface area contributed by atoms with E-state index in [9.17, 15) is 10.1 Å². The Balaban J connectivity index is 3.58. The molecule has 0 fully saturated rings. The molecule has 0 spiro atoms. The van der Waals surface area contributed by atoms with Gasteiger partial charge in [0.15, 0.2) is 0 Å². The van der Waals surface area contributed by atoms with Crippen molar-refractivity contribution < 1.29 is 9.66 Å². The molecule has 0 bridgehead atoms. The highest BCUT2D eigenvalue weighted by Crippen LogP contribution is 2.07. The van der Waals surface area contributed by atoms with E-state index in [2.05, 4.69) is 5.32 Å². The van der Waals surface area contributed by atoms with Crippen molar-refractivity contribution in [3.8, 4) is 0 Å². The van der Waals surface area contributed by atoms with E-state index >= 15 is 0 Å². The van der Waals surface area contributed by atoms with Crippen molar-refractivity contribution >= 4 is 23.5 Å². The predicted octanol–water partition coefficient (Wildman–Crippen LogP) is 1.35. The first kappa shape index (κ1) is 13.6. The lowest BCUT2D eigenvalue weighted by atomic mass is 10.7. The Labute approximate surface area is 91.8 Å². The van der Waals surface area contributed by atoms with E-state index < -0.39 is 4.92 Å². The van der Waals surface area contributed by atoms with Gasteiger partial charge in [-0.05, 0) is 6.26 Å². The standard InChI is InChI=1S/C7H14N2O3S2/c1-12-6-14-4-3-8-7(13-2)5-9(10)11/h5,8H,3-4,6H2,1-2H3/b7-5-. The van der Waals surface area contributed by atoms with Crippen LogP contribution in [0.25, 0.3) is 0 Å². The molecule has 0 aromatic rings. The first-order valence-electron chi connectivity index (χ1n) is 3.90. The van der Waals surface area contributed by atoms with Crippen molar-refractivity contribution in [3.05, 3.63) is 21.3 Å². The Hall–Kier alpha value is -0.400. The van der Waals surface area contributed by atoms with Crippen molar-refractivity contribution in [3.63, 3.8) is 0 Å². The number of nitro groups is 1. The topological polar surface area (TPSA) is 64.4 Å². The Morgan fingerprint density at radius 2 is 2.43 bits per heavy atom. The minimum atomic E-state index is -0.457. The van der Waals surface area contributed by atoms with Gasteiger partial charge in [0.25, 0.3) is 6.20 Å². The quantitative estimate of drug-likeness (QED) is 0.298. The van der Waals surface area contributed by atoms with E-state index in [1.54, 1.807) is 25.1 Å². The van der Waals surface area contributed by atoms with Gasteiger partial charge in [0, 0.05) is 19.4 Å². The van der Waals surface area contributed by atoms with Crippen LogP contribution in [0.3, 0.4) is 0 Å². The molecule has 0 aromatic carbocycles. The number of methoxy groups -OCH3 is 1. The minimum Gasteiger partial charge on any atom is -0.374 e. The number of rotatable bonds is 8. The fraction of sp³-hybridized carbons (Fsp3) is 0.714. The number of hydrogen-bond acceptors (Lipinski definition) is 6. The Morgan fingerprint density at radius 3 is 2.93 bits per heavy atom. The first-order valence-corrected chi connectivity index (χ1v) is 6.28. The molecule has 0 saturated carbocycles. The van der Waals surface area contributed by atoms with Crippen LogP contribution in [0.15, 0.2) is 11.2 Å².